The molecule has 1 aromatic carbocycles. The van der Waals surface area contributed by atoms with E-state index in [9.17, 15) is 9.18 Å². The van der Waals surface area contributed by atoms with E-state index in [4.69, 9.17) is 5.73 Å². The first-order valence-electron chi connectivity index (χ1n) is 5.85. The van der Waals surface area contributed by atoms with E-state index >= 15 is 0 Å². The van der Waals surface area contributed by atoms with Crippen molar-refractivity contribution >= 4 is 18.3 Å². The van der Waals surface area contributed by atoms with Crippen molar-refractivity contribution < 1.29 is 9.18 Å². The van der Waals surface area contributed by atoms with Crippen LogP contribution >= 0.6 is 12.4 Å². The molecule has 1 fully saturated rings. The van der Waals surface area contributed by atoms with Crippen LogP contribution < -0.4 is 11.1 Å². The Morgan fingerprint density at radius 3 is 2.44 bits per heavy atom. The minimum absolute atomic E-state index is 0. The zero-order valence-corrected chi connectivity index (χ0v) is 11.1. The Labute approximate surface area is 112 Å². The lowest BCUT2D eigenvalue weighted by Crippen LogP contribution is -2.40. The number of amides is 1. The van der Waals surface area contributed by atoms with E-state index in [0.29, 0.717) is 6.54 Å². The number of halogens is 2. The Morgan fingerprint density at radius 1 is 1.44 bits per heavy atom. The minimum Gasteiger partial charge on any atom is -0.346 e. The summed E-state index contributed by atoms with van der Waals surface area (Å²) in [6.45, 7) is 2.14. The average molecular weight is 273 g/mol. The summed E-state index contributed by atoms with van der Waals surface area (Å²) in [6, 6.07) is 6.31. The molecule has 0 spiro atoms. The highest BCUT2D eigenvalue weighted by atomic mass is 35.5. The molecule has 1 unspecified atom stereocenters. The van der Waals surface area contributed by atoms with E-state index < -0.39 is 0 Å². The SMILES string of the molecule is CC(CN)C(=O)NC1(c2ccc(F)cc2)CC1.Cl. The number of carbonyl (C=O) groups excluding carboxylic acids is 1. The molecule has 1 atom stereocenters. The highest BCUT2D eigenvalue weighted by Crippen LogP contribution is 2.45. The van der Waals surface area contributed by atoms with E-state index in [-0.39, 0.29) is 35.6 Å². The van der Waals surface area contributed by atoms with Gasteiger partial charge >= 0.3 is 0 Å². The van der Waals surface area contributed by atoms with Gasteiger partial charge < -0.3 is 11.1 Å². The topological polar surface area (TPSA) is 55.1 Å². The number of nitrogens with two attached hydrogens (primary N) is 1. The summed E-state index contributed by atoms with van der Waals surface area (Å²) < 4.78 is 12.8. The summed E-state index contributed by atoms with van der Waals surface area (Å²) in [5.74, 6) is -0.478. The van der Waals surface area contributed by atoms with Crippen LogP contribution in [0.3, 0.4) is 0 Å². The largest absolute Gasteiger partial charge is 0.346 e. The number of nitrogens with one attached hydrogen (secondary N) is 1. The predicted octanol–water partition coefficient (Wildman–Crippen LogP) is 1.95. The van der Waals surface area contributed by atoms with Crippen LogP contribution in [0, 0.1) is 11.7 Å². The van der Waals surface area contributed by atoms with Crippen molar-refractivity contribution in [3.63, 3.8) is 0 Å². The first kappa shape index (κ1) is 14.9. The summed E-state index contributed by atoms with van der Waals surface area (Å²) >= 11 is 0. The molecule has 0 bridgehead atoms. The molecule has 100 valence electrons. The number of hydrogen-bond donors (Lipinski definition) is 2. The molecule has 1 aliphatic rings. The lowest BCUT2D eigenvalue weighted by molar-refractivity contribution is -0.125. The zero-order valence-electron chi connectivity index (χ0n) is 10.3. The first-order valence-corrected chi connectivity index (χ1v) is 5.85. The fourth-order valence-corrected chi connectivity index (χ4v) is 1.85. The molecular weight excluding hydrogens is 255 g/mol. The van der Waals surface area contributed by atoms with Gasteiger partial charge in [0.05, 0.1) is 5.54 Å². The molecule has 0 radical (unpaired) electrons. The summed E-state index contributed by atoms with van der Waals surface area (Å²) in [5.41, 5.74) is 6.15. The van der Waals surface area contributed by atoms with Gasteiger partial charge in [-0.15, -0.1) is 12.4 Å². The van der Waals surface area contributed by atoms with Gasteiger partial charge in [0.2, 0.25) is 5.91 Å². The van der Waals surface area contributed by atoms with Crippen LogP contribution in [0.4, 0.5) is 4.39 Å². The number of carbonyl (C=O) groups is 1. The van der Waals surface area contributed by atoms with E-state index in [0.717, 1.165) is 18.4 Å². The summed E-state index contributed by atoms with van der Waals surface area (Å²) in [7, 11) is 0. The Hall–Kier alpha value is -1.13. The third kappa shape index (κ3) is 3.00. The van der Waals surface area contributed by atoms with Crippen LogP contribution in [0.15, 0.2) is 24.3 Å². The molecule has 1 saturated carbocycles. The van der Waals surface area contributed by atoms with Gasteiger partial charge in [0.25, 0.3) is 0 Å². The Balaban J connectivity index is 0.00000162. The Kier molecular flexibility index (Phi) is 4.71. The minimum atomic E-state index is -0.284. The maximum absolute atomic E-state index is 12.8. The van der Waals surface area contributed by atoms with Gasteiger partial charge in [-0.25, -0.2) is 4.39 Å². The number of hydrogen-bond acceptors (Lipinski definition) is 2. The fourth-order valence-electron chi connectivity index (χ4n) is 1.85. The normalized spacial score (nSPS) is 17.5. The molecule has 0 heterocycles. The van der Waals surface area contributed by atoms with Crippen LogP contribution in [0.25, 0.3) is 0 Å². The van der Waals surface area contributed by atoms with Crippen molar-refractivity contribution in [1.82, 2.24) is 5.32 Å². The van der Waals surface area contributed by atoms with Gasteiger partial charge in [0, 0.05) is 12.5 Å². The van der Waals surface area contributed by atoms with E-state index in [2.05, 4.69) is 5.32 Å². The van der Waals surface area contributed by atoms with Crippen molar-refractivity contribution in [1.29, 1.82) is 0 Å². The molecule has 2 rings (SSSR count). The number of benzene rings is 1. The second-order valence-corrected chi connectivity index (χ2v) is 4.72. The van der Waals surface area contributed by atoms with Gasteiger partial charge in [0.15, 0.2) is 0 Å². The van der Waals surface area contributed by atoms with Crippen LogP contribution in [0.1, 0.15) is 25.3 Å². The summed E-state index contributed by atoms with van der Waals surface area (Å²) in [5, 5.41) is 3.01. The second kappa shape index (κ2) is 5.67. The molecule has 0 aromatic heterocycles. The van der Waals surface area contributed by atoms with Crippen LogP contribution in [-0.4, -0.2) is 12.5 Å². The molecule has 0 saturated heterocycles. The lowest BCUT2D eigenvalue weighted by atomic mass is 10.0. The van der Waals surface area contributed by atoms with Crippen molar-refractivity contribution in [2.75, 3.05) is 6.54 Å². The van der Waals surface area contributed by atoms with E-state index in [1.54, 1.807) is 19.1 Å². The molecular formula is C13H18ClFN2O. The molecule has 0 aliphatic heterocycles. The zero-order chi connectivity index (χ0) is 12.5. The molecule has 1 aromatic rings. The third-order valence-electron chi connectivity index (χ3n) is 3.31. The van der Waals surface area contributed by atoms with Crippen molar-refractivity contribution in [2.24, 2.45) is 11.7 Å². The standard InChI is InChI=1S/C13H17FN2O.ClH/c1-9(8-15)12(17)16-13(6-7-13)10-2-4-11(14)5-3-10;/h2-5,9H,6-8,15H2,1H3,(H,16,17);1H. The van der Waals surface area contributed by atoms with Crippen molar-refractivity contribution in [3.8, 4) is 0 Å². The highest BCUT2D eigenvalue weighted by Gasteiger charge is 2.45. The Morgan fingerprint density at radius 2 is 2.00 bits per heavy atom. The molecule has 1 aliphatic carbocycles. The first-order chi connectivity index (χ1) is 8.07. The predicted molar refractivity (Wildman–Crippen MR) is 70.9 cm³/mol. The maximum atomic E-state index is 12.8. The van der Waals surface area contributed by atoms with Crippen molar-refractivity contribution in [2.45, 2.75) is 25.3 Å². The quantitative estimate of drug-likeness (QED) is 0.880. The van der Waals surface area contributed by atoms with Gasteiger partial charge in [-0.3, -0.25) is 4.79 Å². The third-order valence-corrected chi connectivity index (χ3v) is 3.31. The molecule has 3 N–H and O–H groups in total. The van der Waals surface area contributed by atoms with E-state index in [1.165, 1.54) is 12.1 Å². The smallest absolute Gasteiger partial charge is 0.224 e. The van der Waals surface area contributed by atoms with Crippen molar-refractivity contribution in [3.05, 3.63) is 35.6 Å². The summed E-state index contributed by atoms with van der Waals surface area (Å²) in [6.07, 6.45) is 1.81. The highest BCUT2D eigenvalue weighted by molar-refractivity contribution is 5.85. The van der Waals surface area contributed by atoms with Gasteiger partial charge in [-0.2, -0.15) is 0 Å². The second-order valence-electron chi connectivity index (χ2n) is 4.72. The number of rotatable bonds is 4. The lowest BCUT2D eigenvalue weighted by Gasteiger charge is -2.20. The molecule has 18 heavy (non-hydrogen) atoms. The van der Waals surface area contributed by atoms with Crippen LogP contribution in [0.2, 0.25) is 0 Å². The maximum Gasteiger partial charge on any atom is 0.224 e. The fraction of sp³-hybridized carbons (Fsp3) is 0.462. The van der Waals surface area contributed by atoms with Gasteiger partial charge in [0.1, 0.15) is 5.82 Å². The average Bonchev–Trinajstić information content (AvgIpc) is 3.09. The van der Waals surface area contributed by atoms with Gasteiger partial charge in [-0.1, -0.05) is 19.1 Å². The monoisotopic (exact) mass is 272 g/mol. The van der Waals surface area contributed by atoms with Crippen LogP contribution in [-0.2, 0) is 10.3 Å². The molecule has 5 heteroatoms. The van der Waals surface area contributed by atoms with Crippen LogP contribution in [0.5, 0.6) is 0 Å². The summed E-state index contributed by atoms with van der Waals surface area (Å²) in [4.78, 5) is 11.8. The van der Waals surface area contributed by atoms with Gasteiger partial charge in [-0.05, 0) is 30.5 Å². The Bertz CT molecular complexity index is 418. The molecule has 1 amide bonds. The van der Waals surface area contributed by atoms with E-state index in [1.807, 2.05) is 0 Å². The molecule has 3 nitrogen and oxygen atoms in total.